The molecule has 1 aromatic heterocycles. The van der Waals surface area contributed by atoms with Gasteiger partial charge in [0.05, 0.1) is 7.11 Å². The topological polar surface area (TPSA) is 74.8 Å². The first-order chi connectivity index (χ1) is 12.0. The highest BCUT2D eigenvalue weighted by atomic mass is 16.7. The van der Waals surface area contributed by atoms with Crippen molar-refractivity contribution in [1.82, 2.24) is 14.9 Å². The number of anilines is 1. The van der Waals surface area contributed by atoms with E-state index in [2.05, 4.69) is 16.4 Å². The molecule has 140 valence electrons. The number of pyridine rings is 1. The van der Waals surface area contributed by atoms with E-state index in [1.54, 1.807) is 0 Å². The van der Waals surface area contributed by atoms with Crippen LogP contribution in [0.5, 0.6) is 0 Å². The fourth-order valence-corrected chi connectivity index (χ4v) is 2.35. The number of nitrogens with zero attached hydrogens (tertiary/aromatic N) is 3. The number of amides is 2. The second kappa shape index (κ2) is 11.4. The third-order valence-corrected chi connectivity index (χ3v) is 3.98. The number of carbonyl (C=O) groups is 2. The Bertz CT molecular complexity index is 526. The lowest BCUT2D eigenvalue weighted by atomic mass is 10.1. The highest BCUT2D eigenvalue weighted by molar-refractivity contribution is 5.83. The van der Waals surface area contributed by atoms with E-state index in [1.165, 1.54) is 44.4 Å². The van der Waals surface area contributed by atoms with Gasteiger partial charge >= 0.3 is 0 Å². The Morgan fingerprint density at radius 1 is 1.40 bits per heavy atom. The zero-order valence-electron chi connectivity index (χ0n) is 15.7. The van der Waals surface area contributed by atoms with Crippen molar-refractivity contribution in [3.63, 3.8) is 0 Å². The molecule has 0 aliphatic carbocycles. The van der Waals surface area contributed by atoms with Crippen LogP contribution in [0.1, 0.15) is 38.7 Å². The smallest absolute Gasteiger partial charge is 0.265 e. The minimum atomic E-state index is -0.219. The Morgan fingerprint density at radius 3 is 2.76 bits per heavy atom. The van der Waals surface area contributed by atoms with Crippen LogP contribution in [0.15, 0.2) is 18.3 Å². The van der Waals surface area contributed by atoms with Gasteiger partial charge in [-0.25, -0.2) is 10.0 Å². The number of aromatic nitrogens is 1. The lowest BCUT2D eigenvalue weighted by Gasteiger charge is -2.22. The molecule has 2 heterocycles. The molecule has 1 aromatic rings. The number of hydrogen-bond acceptors (Lipinski definition) is 5. The summed E-state index contributed by atoms with van der Waals surface area (Å²) in [5.74, 6) is 0.777. The minimum Gasteiger partial charge on any atom is -0.370 e. The van der Waals surface area contributed by atoms with E-state index >= 15 is 0 Å². The molecule has 2 rings (SSSR count). The van der Waals surface area contributed by atoms with Crippen molar-refractivity contribution in [2.24, 2.45) is 0 Å². The number of hydrogen-bond donors (Lipinski definition) is 1. The van der Waals surface area contributed by atoms with Crippen LogP contribution in [-0.4, -0.2) is 60.6 Å². The molecule has 2 amide bonds. The van der Waals surface area contributed by atoms with Gasteiger partial charge in [0, 0.05) is 33.3 Å². The van der Waals surface area contributed by atoms with Gasteiger partial charge in [0.15, 0.2) is 0 Å². The van der Waals surface area contributed by atoms with E-state index < -0.39 is 0 Å². The van der Waals surface area contributed by atoms with Crippen LogP contribution < -0.4 is 5.32 Å². The summed E-state index contributed by atoms with van der Waals surface area (Å²) in [4.78, 5) is 33.1. The van der Waals surface area contributed by atoms with Crippen LogP contribution in [0.4, 0.5) is 5.82 Å². The van der Waals surface area contributed by atoms with Gasteiger partial charge in [-0.3, -0.25) is 14.4 Å². The average Bonchev–Trinajstić information content (AvgIpc) is 2.64. The van der Waals surface area contributed by atoms with Crippen LogP contribution in [0.25, 0.3) is 0 Å². The molecule has 7 nitrogen and oxygen atoms in total. The third kappa shape index (κ3) is 7.51. The Morgan fingerprint density at radius 2 is 2.16 bits per heavy atom. The second-order valence-electron chi connectivity index (χ2n) is 5.91. The second-order valence-corrected chi connectivity index (χ2v) is 5.91. The van der Waals surface area contributed by atoms with Gasteiger partial charge in [0.1, 0.15) is 12.4 Å². The summed E-state index contributed by atoms with van der Waals surface area (Å²) < 4.78 is 0. The maximum atomic E-state index is 11.5. The number of likely N-dealkylation sites (N-methyl/N-ethyl adjacent to an activating group) is 1. The van der Waals surface area contributed by atoms with Gasteiger partial charge in [-0.1, -0.05) is 19.4 Å². The molecule has 0 spiro atoms. The van der Waals surface area contributed by atoms with Crippen LogP contribution in [-0.2, 0) is 20.8 Å². The first-order valence-corrected chi connectivity index (χ1v) is 8.73. The van der Waals surface area contributed by atoms with Crippen molar-refractivity contribution < 1.29 is 14.4 Å². The lowest BCUT2D eigenvalue weighted by Crippen LogP contribution is -2.40. The van der Waals surface area contributed by atoms with Gasteiger partial charge in [-0.2, -0.15) is 0 Å². The van der Waals surface area contributed by atoms with Gasteiger partial charge in [0.2, 0.25) is 5.91 Å². The highest BCUT2D eigenvalue weighted by Crippen LogP contribution is 2.17. The molecule has 0 fully saturated rings. The number of rotatable bonds is 6. The van der Waals surface area contributed by atoms with Crippen molar-refractivity contribution in [1.29, 1.82) is 0 Å². The van der Waals surface area contributed by atoms with Crippen molar-refractivity contribution in [2.45, 2.75) is 39.5 Å². The van der Waals surface area contributed by atoms with E-state index in [-0.39, 0.29) is 18.4 Å². The molecule has 0 bridgehead atoms. The maximum absolute atomic E-state index is 11.5. The highest BCUT2D eigenvalue weighted by Gasteiger charge is 2.15. The third-order valence-electron chi connectivity index (χ3n) is 3.98. The van der Waals surface area contributed by atoms with Gasteiger partial charge in [0.25, 0.3) is 5.91 Å². The van der Waals surface area contributed by atoms with E-state index in [0.717, 1.165) is 30.3 Å². The van der Waals surface area contributed by atoms with Gasteiger partial charge in [-0.05, 0) is 30.9 Å². The molecule has 1 N–H and O–H groups in total. The van der Waals surface area contributed by atoms with Crippen molar-refractivity contribution in [3.8, 4) is 0 Å². The number of unbranched alkanes of at least 4 members (excludes halogenated alkanes) is 1. The van der Waals surface area contributed by atoms with Gasteiger partial charge < -0.3 is 10.2 Å². The predicted molar refractivity (Wildman–Crippen MR) is 98.0 cm³/mol. The summed E-state index contributed by atoms with van der Waals surface area (Å²) in [6.07, 6.45) is 6.15. The van der Waals surface area contributed by atoms with Crippen LogP contribution in [0, 0.1) is 0 Å². The summed E-state index contributed by atoms with van der Waals surface area (Å²) >= 11 is 0. The number of hydroxylamine groups is 2. The molecule has 0 radical (unpaired) electrons. The van der Waals surface area contributed by atoms with E-state index in [0.29, 0.717) is 6.54 Å². The molecule has 7 heteroatoms. The molecule has 0 aromatic carbocycles. The number of carbonyl (C=O) groups excluding carboxylic acids is 2. The molecule has 0 saturated carbocycles. The Balaban J connectivity index is 0.000000267. The maximum Gasteiger partial charge on any atom is 0.265 e. The Kier molecular flexibility index (Phi) is 9.54. The van der Waals surface area contributed by atoms with Crippen LogP contribution >= 0.6 is 0 Å². The summed E-state index contributed by atoms with van der Waals surface area (Å²) in [6, 6.07) is 4.13. The minimum absolute atomic E-state index is 0.0821. The quantitative estimate of drug-likeness (QED) is 0.795. The first-order valence-electron chi connectivity index (χ1n) is 8.73. The molecule has 25 heavy (non-hydrogen) atoms. The number of aryl methyl sites for hydroxylation is 1. The molecule has 1 aliphatic rings. The molecule has 1 aliphatic heterocycles. The number of nitrogens with one attached hydrogen (secondary N) is 1. The zero-order chi connectivity index (χ0) is 18.7. The summed E-state index contributed by atoms with van der Waals surface area (Å²) in [7, 11) is 2.95. The Hall–Kier alpha value is -2.15. The first kappa shape index (κ1) is 20.9. The van der Waals surface area contributed by atoms with Crippen LogP contribution in [0.3, 0.4) is 0 Å². The van der Waals surface area contributed by atoms with Crippen molar-refractivity contribution >= 4 is 17.6 Å². The molecular formula is C18H30N4O3. The van der Waals surface area contributed by atoms with Gasteiger partial charge in [-0.15, -0.1) is 0 Å². The lowest BCUT2D eigenvalue weighted by molar-refractivity contribution is -0.171. The van der Waals surface area contributed by atoms with E-state index in [9.17, 15) is 9.59 Å². The fraction of sp³-hybridized carbons (Fsp3) is 0.611. The monoisotopic (exact) mass is 350 g/mol. The largest absolute Gasteiger partial charge is 0.370 e. The summed E-state index contributed by atoms with van der Waals surface area (Å²) in [6.45, 7) is 5.29. The molecular weight excluding hydrogens is 320 g/mol. The van der Waals surface area contributed by atoms with E-state index in [4.69, 9.17) is 4.84 Å². The normalized spacial score (nSPS) is 12.2. The fourth-order valence-electron chi connectivity index (χ4n) is 2.35. The Labute approximate surface area is 150 Å². The number of fused-ring (bicyclic) bond motifs is 1. The summed E-state index contributed by atoms with van der Waals surface area (Å²) in [5, 5.41) is 4.38. The molecule has 0 unspecified atom stereocenters. The standard InChI is InChI=1S/C10H20N2O3.C8H10N2/c1-5-6-7-12(9(2)13)8-10(14)11(3)15-4;1-3-7-4-2-6-10-8(7)9-5-1/h5-8H2,1-4H3;1,3,5H,2,4,6H2,(H,9,10). The molecule has 0 atom stereocenters. The van der Waals surface area contributed by atoms with E-state index in [1.807, 2.05) is 19.2 Å². The SMILES string of the molecule is CCCCN(CC(=O)N(C)OC)C(C)=O.c1cnc2c(c1)CCCN2. The van der Waals surface area contributed by atoms with Crippen molar-refractivity contribution in [2.75, 3.05) is 39.1 Å². The zero-order valence-corrected chi connectivity index (χ0v) is 15.7. The van der Waals surface area contributed by atoms with Crippen LogP contribution in [0.2, 0.25) is 0 Å². The van der Waals surface area contributed by atoms with Crippen molar-refractivity contribution in [3.05, 3.63) is 23.9 Å². The average molecular weight is 350 g/mol. The molecule has 0 saturated heterocycles. The summed E-state index contributed by atoms with van der Waals surface area (Å²) in [5.41, 5.74) is 1.36. The predicted octanol–water partition coefficient (Wildman–Crippen LogP) is 2.09.